The number of aryl methyl sites for hydroxylation is 2. The highest BCUT2D eigenvalue weighted by molar-refractivity contribution is 5.72. The molecule has 0 spiro atoms. The summed E-state index contributed by atoms with van der Waals surface area (Å²) in [5.41, 5.74) is 2.49. The zero-order chi connectivity index (χ0) is 14.8. The first-order valence-corrected chi connectivity index (χ1v) is 7.22. The van der Waals surface area contributed by atoms with E-state index in [-0.39, 0.29) is 11.9 Å². The molecule has 0 N–H and O–H groups in total. The van der Waals surface area contributed by atoms with Crippen LogP contribution in [-0.4, -0.2) is 27.8 Å². The van der Waals surface area contributed by atoms with Gasteiger partial charge in [-0.1, -0.05) is 24.3 Å². The second-order valence-corrected chi connectivity index (χ2v) is 5.51. The van der Waals surface area contributed by atoms with Crippen LogP contribution in [0.5, 0.6) is 0 Å². The highest BCUT2D eigenvalue weighted by atomic mass is 16.5. The third-order valence-corrected chi connectivity index (χ3v) is 4.17. The minimum Gasteiger partial charge on any atom is -0.469 e. The molecule has 21 heavy (non-hydrogen) atoms. The van der Waals surface area contributed by atoms with Crippen LogP contribution in [-0.2, 0) is 28.9 Å². The topological polar surface area (TPSA) is 57.0 Å². The Balaban J connectivity index is 1.85. The van der Waals surface area contributed by atoms with E-state index in [0.717, 1.165) is 30.9 Å². The van der Waals surface area contributed by atoms with Crippen molar-refractivity contribution in [2.24, 2.45) is 5.92 Å². The Morgan fingerprint density at radius 3 is 2.95 bits per heavy atom. The molecule has 0 bridgehead atoms. The lowest BCUT2D eigenvalue weighted by Gasteiger charge is -2.22. The number of esters is 1. The summed E-state index contributed by atoms with van der Waals surface area (Å²) in [7, 11) is 1.44. The fourth-order valence-electron chi connectivity index (χ4n) is 2.85. The van der Waals surface area contributed by atoms with E-state index >= 15 is 0 Å². The summed E-state index contributed by atoms with van der Waals surface area (Å²) < 4.78 is 6.95. The molecule has 0 aliphatic carbocycles. The second-order valence-electron chi connectivity index (χ2n) is 5.51. The van der Waals surface area contributed by atoms with Gasteiger partial charge in [0.25, 0.3) is 0 Å². The highest BCUT2D eigenvalue weighted by Crippen LogP contribution is 2.22. The first-order valence-electron chi connectivity index (χ1n) is 7.22. The van der Waals surface area contributed by atoms with Crippen LogP contribution >= 0.6 is 0 Å². The quantitative estimate of drug-likeness (QED) is 0.808. The van der Waals surface area contributed by atoms with Crippen molar-refractivity contribution in [3.8, 4) is 0 Å². The van der Waals surface area contributed by atoms with Gasteiger partial charge in [-0.25, -0.2) is 0 Å². The van der Waals surface area contributed by atoms with Crippen LogP contribution in [0.15, 0.2) is 24.3 Å². The lowest BCUT2D eigenvalue weighted by atomic mass is 9.99. The van der Waals surface area contributed by atoms with Crippen LogP contribution < -0.4 is 0 Å². The normalized spacial score (nSPS) is 17.3. The Morgan fingerprint density at radius 2 is 2.19 bits per heavy atom. The Kier molecular flexibility index (Phi) is 3.73. The summed E-state index contributed by atoms with van der Waals surface area (Å²) >= 11 is 0. The zero-order valence-electron chi connectivity index (χ0n) is 12.4. The summed E-state index contributed by atoms with van der Waals surface area (Å²) in [5, 5.41) is 8.58. The van der Waals surface area contributed by atoms with Crippen molar-refractivity contribution in [1.29, 1.82) is 0 Å². The number of aromatic nitrogens is 3. The molecule has 3 rings (SSSR count). The van der Waals surface area contributed by atoms with E-state index in [2.05, 4.69) is 33.8 Å². The van der Waals surface area contributed by atoms with Crippen LogP contribution in [0.3, 0.4) is 0 Å². The molecule has 1 unspecified atom stereocenters. The summed E-state index contributed by atoms with van der Waals surface area (Å²) in [6.45, 7) is 2.72. The standard InChI is InChI=1S/C16H19N3O2/c1-11-5-3-4-6-12(11)9-15-18-17-14-8-7-13(10-19(14)15)16(20)21-2/h3-6,13H,7-10H2,1-2H3. The number of rotatable bonds is 3. The number of nitrogens with zero attached hydrogens (tertiary/aromatic N) is 3. The predicted octanol–water partition coefficient (Wildman–Crippen LogP) is 1.91. The Labute approximate surface area is 124 Å². The van der Waals surface area contributed by atoms with Gasteiger partial charge in [0.15, 0.2) is 0 Å². The van der Waals surface area contributed by atoms with Gasteiger partial charge in [0.1, 0.15) is 11.6 Å². The number of carbonyl (C=O) groups excluding carboxylic acids is 1. The van der Waals surface area contributed by atoms with Gasteiger partial charge in [0.2, 0.25) is 0 Å². The van der Waals surface area contributed by atoms with E-state index in [9.17, 15) is 4.79 Å². The number of benzene rings is 1. The first-order chi connectivity index (χ1) is 10.2. The molecule has 2 heterocycles. The van der Waals surface area contributed by atoms with Crippen molar-refractivity contribution in [2.75, 3.05) is 7.11 Å². The van der Waals surface area contributed by atoms with Crippen molar-refractivity contribution in [3.05, 3.63) is 47.0 Å². The van der Waals surface area contributed by atoms with Crippen molar-refractivity contribution in [2.45, 2.75) is 32.7 Å². The maximum Gasteiger partial charge on any atom is 0.310 e. The summed E-state index contributed by atoms with van der Waals surface area (Å²) in [6.07, 6.45) is 2.31. The Bertz CT molecular complexity index is 663. The SMILES string of the molecule is COC(=O)C1CCc2nnc(Cc3ccccc3C)n2C1. The van der Waals surface area contributed by atoms with Crippen molar-refractivity contribution < 1.29 is 9.53 Å². The van der Waals surface area contributed by atoms with E-state index in [1.165, 1.54) is 18.2 Å². The fourth-order valence-corrected chi connectivity index (χ4v) is 2.85. The number of carbonyl (C=O) groups is 1. The van der Waals surface area contributed by atoms with Gasteiger partial charge >= 0.3 is 5.97 Å². The monoisotopic (exact) mass is 285 g/mol. The van der Waals surface area contributed by atoms with Gasteiger partial charge in [-0.3, -0.25) is 4.79 Å². The average molecular weight is 285 g/mol. The predicted molar refractivity (Wildman–Crippen MR) is 77.8 cm³/mol. The van der Waals surface area contributed by atoms with Gasteiger partial charge in [0.05, 0.1) is 13.0 Å². The molecule has 1 aliphatic rings. The number of ether oxygens (including phenoxy) is 1. The largest absolute Gasteiger partial charge is 0.469 e. The van der Waals surface area contributed by atoms with Crippen molar-refractivity contribution in [1.82, 2.24) is 14.8 Å². The molecule has 110 valence electrons. The van der Waals surface area contributed by atoms with Gasteiger partial charge < -0.3 is 9.30 Å². The van der Waals surface area contributed by atoms with E-state index in [1.807, 2.05) is 12.1 Å². The molecular formula is C16H19N3O2. The third-order valence-electron chi connectivity index (χ3n) is 4.17. The maximum atomic E-state index is 11.7. The van der Waals surface area contributed by atoms with Crippen LogP contribution in [0.1, 0.15) is 29.2 Å². The molecule has 5 nitrogen and oxygen atoms in total. The third kappa shape index (κ3) is 2.68. The number of hydrogen-bond acceptors (Lipinski definition) is 4. The molecule has 0 amide bonds. The first kappa shape index (κ1) is 13.8. The van der Waals surface area contributed by atoms with Gasteiger partial charge in [-0.2, -0.15) is 0 Å². The average Bonchev–Trinajstić information content (AvgIpc) is 2.91. The van der Waals surface area contributed by atoms with E-state index in [4.69, 9.17) is 4.74 Å². The number of fused-ring (bicyclic) bond motifs is 1. The fraction of sp³-hybridized carbons (Fsp3) is 0.438. The van der Waals surface area contributed by atoms with Crippen LogP contribution in [0, 0.1) is 12.8 Å². The highest BCUT2D eigenvalue weighted by Gasteiger charge is 2.28. The summed E-state index contributed by atoms with van der Waals surface area (Å²) in [4.78, 5) is 11.7. The maximum absolute atomic E-state index is 11.7. The molecular weight excluding hydrogens is 266 g/mol. The Hall–Kier alpha value is -2.17. The lowest BCUT2D eigenvalue weighted by Crippen LogP contribution is -2.28. The molecule has 5 heteroatoms. The summed E-state index contributed by atoms with van der Waals surface area (Å²) in [5.74, 6) is 1.66. The molecule has 0 fully saturated rings. The van der Waals surface area contributed by atoms with Gasteiger partial charge in [0, 0.05) is 19.4 Å². The van der Waals surface area contributed by atoms with Gasteiger partial charge in [-0.05, 0) is 24.5 Å². The zero-order valence-corrected chi connectivity index (χ0v) is 12.4. The van der Waals surface area contributed by atoms with Crippen molar-refractivity contribution in [3.63, 3.8) is 0 Å². The molecule has 2 aromatic rings. The minimum atomic E-state index is -0.142. The van der Waals surface area contributed by atoms with Crippen molar-refractivity contribution >= 4 is 5.97 Å². The van der Waals surface area contributed by atoms with Crippen LogP contribution in [0.4, 0.5) is 0 Å². The van der Waals surface area contributed by atoms with Gasteiger partial charge in [-0.15, -0.1) is 10.2 Å². The lowest BCUT2D eigenvalue weighted by molar-refractivity contribution is -0.146. The molecule has 1 aliphatic heterocycles. The molecule has 1 aromatic carbocycles. The number of methoxy groups -OCH3 is 1. The summed E-state index contributed by atoms with van der Waals surface area (Å²) in [6, 6.07) is 8.27. The second kappa shape index (κ2) is 5.68. The van der Waals surface area contributed by atoms with E-state index in [0.29, 0.717) is 6.54 Å². The van der Waals surface area contributed by atoms with Crippen LogP contribution in [0.25, 0.3) is 0 Å². The number of hydrogen-bond donors (Lipinski definition) is 0. The molecule has 1 atom stereocenters. The Morgan fingerprint density at radius 1 is 1.38 bits per heavy atom. The smallest absolute Gasteiger partial charge is 0.310 e. The van der Waals surface area contributed by atoms with Crippen LogP contribution in [0.2, 0.25) is 0 Å². The van der Waals surface area contributed by atoms with E-state index in [1.54, 1.807) is 0 Å². The molecule has 0 saturated heterocycles. The molecule has 0 radical (unpaired) electrons. The van der Waals surface area contributed by atoms with E-state index < -0.39 is 0 Å². The molecule has 0 saturated carbocycles. The molecule has 1 aromatic heterocycles. The minimum absolute atomic E-state index is 0.0888.